The fourth-order valence-corrected chi connectivity index (χ4v) is 5.20. The second-order valence-corrected chi connectivity index (χ2v) is 8.24. The Balaban J connectivity index is 1.96. The molecule has 0 aromatic heterocycles. The van der Waals surface area contributed by atoms with Crippen LogP contribution in [0.5, 0.6) is 0 Å². The number of carbonyl (C=O) groups excluding carboxylic acids is 1. The Hall–Kier alpha value is -0.410. The van der Waals surface area contributed by atoms with Gasteiger partial charge in [0.25, 0.3) is 0 Å². The van der Waals surface area contributed by atoms with Crippen LogP contribution in [0.2, 0.25) is 0 Å². The molecule has 2 saturated carbocycles. The number of ether oxygens (including phenoxy) is 1. The van der Waals surface area contributed by atoms with Crippen molar-refractivity contribution >= 4 is 5.78 Å². The summed E-state index contributed by atoms with van der Waals surface area (Å²) < 4.78 is 6.35. The molecule has 1 N–H and O–H groups in total. The molecule has 0 aromatic rings. The van der Waals surface area contributed by atoms with Crippen LogP contribution in [-0.4, -0.2) is 28.7 Å². The first-order chi connectivity index (χ1) is 9.20. The first kappa shape index (κ1) is 14.5. The number of hydrogen-bond acceptors (Lipinski definition) is 3. The summed E-state index contributed by atoms with van der Waals surface area (Å²) >= 11 is 0. The van der Waals surface area contributed by atoms with Crippen molar-refractivity contribution in [2.75, 3.05) is 0 Å². The predicted octanol–water partition coefficient (Wildman–Crippen LogP) is 3.09. The topological polar surface area (TPSA) is 46.5 Å². The van der Waals surface area contributed by atoms with Crippen LogP contribution in [0.4, 0.5) is 0 Å². The maximum absolute atomic E-state index is 12.3. The highest BCUT2D eigenvalue weighted by molar-refractivity contribution is 5.87. The SMILES string of the molecule is CC1(C)O[C@@H]2CC[C@@]3(C)C(=O)CC[C@@H]3[C@@]2(C)CC[C@H]1O. The van der Waals surface area contributed by atoms with Crippen molar-refractivity contribution in [2.45, 2.75) is 84.0 Å². The van der Waals surface area contributed by atoms with Crippen molar-refractivity contribution in [1.29, 1.82) is 0 Å². The van der Waals surface area contributed by atoms with Crippen LogP contribution in [0, 0.1) is 16.7 Å². The van der Waals surface area contributed by atoms with Gasteiger partial charge >= 0.3 is 0 Å². The molecule has 0 unspecified atom stereocenters. The van der Waals surface area contributed by atoms with Crippen LogP contribution in [0.1, 0.15) is 66.2 Å². The standard InChI is InChI=1S/C17H28O3/c1-15(2)12(18)7-9-17(4)11-5-6-13(19)16(11,3)10-8-14(17)20-15/h11-12,14,18H,5-10H2,1-4H3/t11-,12+,14+,16+,17+/m0/s1. The van der Waals surface area contributed by atoms with E-state index >= 15 is 0 Å². The normalized spacial score (nSPS) is 51.2. The number of carbonyl (C=O) groups is 1. The van der Waals surface area contributed by atoms with E-state index in [2.05, 4.69) is 13.8 Å². The monoisotopic (exact) mass is 280 g/mol. The van der Waals surface area contributed by atoms with Gasteiger partial charge < -0.3 is 9.84 Å². The van der Waals surface area contributed by atoms with Crippen LogP contribution in [0.3, 0.4) is 0 Å². The van der Waals surface area contributed by atoms with Gasteiger partial charge in [-0.25, -0.2) is 0 Å². The van der Waals surface area contributed by atoms with Gasteiger partial charge in [-0.3, -0.25) is 4.79 Å². The smallest absolute Gasteiger partial charge is 0.139 e. The molecule has 5 atom stereocenters. The summed E-state index contributed by atoms with van der Waals surface area (Å²) in [5.74, 6) is 0.869. The Bertz CT molecular complexity index is 430. The maximum atomic E-state index is 12.3. The van der Waals surface area contributed by atoms with Crippen molar-refractivity contribution in [3.05, 3.63) is 0 Å². The van der Waals surface area contributed by atoms with Gasteiger partial charge in [-0.2, -0.15) is 0 Å². The highest BCUT2D eigenvalue weighted by atomic mass is 16.5. The number of ketones is 1. The molecule has 1 heterocycles. The van der Waals surface area contributed by atoms with Gasteiger partial charge in [-0.1, -0.05) is 13.8 Å². The van der Waals surface area contributed by atoms with E-state index in [0.29, 0.717) is 11.7 Å². The van der Waals surface area contributed by atoms with Gasteiger partial charge in [-0.15, -0.1) is 0 Å². The molecule has 3 aliphatic rings. The molecule has 3 heteroatoms. The molecule has 0 amide bonds. The Morgan fingerprint density at radius 1 is 1.10 bits per heavy atom. The molecule has 0 radical (unpaired) electrons. The summed E-state index contributed by atoms with van der Waals surface area (Å²) in [4.78, 5) is 12.3. The molecule has 1 aliphatic heterocycles. The quantitative estimate of drug-likeness (QED) is 0.741. The molecule has 2 aliphatic carbocycles. The Morgan fingerprint density at radius 2 is 1.80 bits per heavy atom. The van der Waals surface area contributed by atoms with E-state index < -0.39 is 11.7 Å². The Morgan fingerprint density at radius 3 is 2.50 bits per heavy atom. The zero-order valence-corrected chi connectivity index (χ0v) is 13.2. The second kappa shape index (κ2) is 4.30. The molecule has 20 heavy (non-hydrogen) atoms. The average Bonchev–Trinajstić information content (AvgIpc) is 2.63. The van der Waals surface area contributed by atoms with Crippen LogP contribution < -0.4 is 0 Å². The fraction of sp³-hybridized carbons (Fsp3) is 0.941. The minimum atomic E-state index is -0.473. The fourth-order valence-electron chi connectivity index (χ4n) is 5.20. The van der Waals surface area contributed by atoms with Gasteiger partial charge in [0.05, 0.1) is 17.8 Å². The van der Waals surface area contributed by atoms with E-state index in [9.17, 15) is 9.90 Å². The molecule has 1 saturated heterocycles. The molecule has 0 bridgehead atoms. The largest absolute Gasteiger partial charge is 0.390 e. The van der Waals surface area contributed by atoms with E-state index in [1.54, 1.807) is 0 Å². The van der Waals surface area contributed by atoms with Crippen LogP contribution >= 0.6 is 0 Å². The number of aliphatic hydroxyl groups is 1. The van der Waals surface area contributed by atoms with Crippen molar-refractivity contribution in [2.24, 2.45) is 16.7 Å². The second-order valence-electron chi connectivity index (χ2n) is 8.24. The zero-order valence-electron chi connectivity index (χ0n) is 13.2. The van der Waals surface area contributed by atoms with Crippen LogP contribution in [0.15, 0.2) is 0 Å². The van der Waals surface area contributed by atoms with Crippen molar-refractivity contribution in [1.82, 2.24) is 0 Å². The van der Waals surface area contributed by atoms with E-state index in [1.165, 1.54) is 0 Å². The summed E-state index contributed by atoms with van der Waals surface area (Å²) in [7, 11) is 0. The summed E-state index contributed by atoms with van der Waals surface area (Å²) in [5.41, 5.74) is -0.583. The average molecular weight is 280 g/mol. The number of fused-ring (bicyclic) bond motifs is 3. The number of hydrogen-bond donors (Lipinski definition) is 1. The molecular weight excluding hydrogens is 252 g/mol. The van der Waals surface area contributed by atoms with Crippen molar-refractivity contribution in [3.8, 4) is 0 Å². The molecule has 0 aromatic carbocycles. The third-order valence-corrected chi connectivity index (χ3v) is 6.73. The molecule has 0 spiro atoms. The molecular formula is C17H28O3. The molecule has 3 rings (SSSR count). The van der Waals surface area contributed by atoms with Crippen LogP contribution in [-0.2, 0) is 9.53 Å². The lowest BCUT2D eigenvalue weighted by molar-refractivity contribution is -0.184. The molecule has 3 fully saturated rings. The number of aliphatic hydroxyl groups excluding tert-OH is 1. The third kappa shape index (κ3) is 1.82. The van der Waals surface area contributed by atoms with Gasteiger partial charge in [-0.05, 0) is 57.3 Å². The maximum Gasteiger partial charge on any atom is 0.139 e. The van der Waals surface area contributed by atoms with Gasteiger partial charge in [0.15, 0.2) is 0 Å². The minimum Gasteiger partial charge on any atom is -0.390 e. The summed E-state index contributed by atoms with van der Waals surface area (Å²) in [5, 5.41) is 10.3. The summed E-state index contributed by atoms with van der Waals surface area (Å²) in [6.07, 6.45) is 5.15. The van der Waals surface area contributed by atoms with Crippen molar-refractivity contribution < 1.29 is 14.6 Å². The lowest BCUT2D eigenvalue weighted by Gasteiger charge is -2.52. The van der Waals surface area contributed by atoms with Gasteiger partial charge in [0, 0.05) is 11.8 Å². The third-order valence-electron chi connectivity index (χ3n) is 6.73. The minimum absolute atomic E-state index is 0.0356. The lowest BCUT2D eigenvalue weighted by atomic mass is 9.54. The predicted molar refractivity (Wildman–Crippen MR) is 77.4 cm³/mol. The highest BCUT2D eigenvalue weighted by Gasteiger charge is 2.61. The first-order valence-electron chi connectivity index (χ1n) is 8.09. The van der Waals surface area contributed by atoms with E-state index in [-0.39, 0.29) is 16.9 Å². The summed E-state index contributed by atoms with van der Waals surface area (Å²) in [6.45, 7) is 8.46. The number of rotatable bonds is 0. The van der Waals surface area contributed by atoms with Crippen molar-refractivity contribution in [3.63, 3.8) is 0 Å². The Kier molecular flexibility index (Phi) is 3.12. The lowest BCUT2D eigenvalue weighted by Crippen LogP contribution is -2.52. The first-order valence-corrected chi connectivity index (χ1v) is 8.09. The van der Waals surface area contributed by atoms with Crippen LogP contribution in [0.25, 0.3) is 0 Å². The van der Waals surface area contributed by atoms with E-state index in [1.807, 2.05) is 13.8 Å². The molecule has 3 nitrogen and oxygen atoms in total. The summed E-state index contributed by atoms with van der Waals surface area (Å²) in [6, 6.07) is 0. The van der Waals surface area contributed by atoms with Gasteiger partial charge in [0.1, 0.15) is 5.78 Å². The zero-order chi connectivity index (χ0) is 14.8. The number of Topliss-reactive ketones (excluding diaryl/α,β-unsaturated/α-hetero) is 1. The van der Waals surface area contributed by atoms with Gasteiger partial charge in [0.2, 0.25) is 0 Å². The van der Waals surface area contributed by atoms with E-state index in [0.717, 1.165) is 38.5 Å². The highest BCUT2D eigenvalue weighted by Crippen LogP contribution is 2.61. The molecule has 114 valence electrons. The Labute approximate surface area is 122 Å². The van der Waals surface area contributed by atoms with E-state index in [4.69, 9.17) is 4.74 Å².